The van der Waals surface area contributed by atoms with E-state index < -0.39 is 0 Å². The highest BCUT2D eigenvalue weighted by Gasteiger charge is 2.23. The number of rotatable bonds is 6. The van der Waals surface area contributed by atoms with Crippen molar-refractivity contribution in [1.29, 1.82) is 0 Å². The van der Waals surface area contributed by atoms with Crippen LogP contribution in [-0.2, 0) is 6.54 Å². The van der Waals surface area contributed by atoms with Crippen LogP contribution >= 0.6 is 0 Å². The third-order valence-electron chi connectivity index (χ3n) is 6.62. The third kappa shape index (κ3) is 3.85. The van der Waals surface area contributed by atoms with E-state index in [4.69, 9.17) is 19.2 Å². The van der Waals surface area contributed by atoms with Crippen LogP contribution in [0.2, 0.25) is 0 Å². The molecule has 0 aliphatic heterocycles. The van der Waals surface area contributed by atoms with Gasteiger partial charge in [-0.2, -0.15) is 0 Å². The predicted octanol–water partition coefficient (Wildman–Crippen LogP) is 6.14. The molecule has 3 heterocycles. The highest BCUT2D eigenvalue weighted by atomic mass is 16.5. The molecule has 0 fully saturated rings. The summed E-state index contributed by atoms with van der Waals surface area (Å²) in [4.78, 5) is 23.1. The fourth-order valence-electron chi connectivity index (χ4n) is 4.88. The van der Waals surface area contributed by atoms with Crippen LogP contribution in [0, 0.1) is 13.8 Å². The van der Waals surface area contributed by atoms with Gasteiger partial charge in [0.05, 0.1) is 35.6 Å². The number of carbonyl (C=O) groups excluding carboxylic acids is 1. The smallest absolute Gasteiger partial charge is 0.228 e. The Balaban J connectivity index is 1.63. The molecule has 7 nitrogen and oxygen atoms in total. The molecule has 0 atom stereocenters. The van der Waals surface area contributed by atoms with Crippen LogP contribution in [0.3, 0.4) is 0 Å². The number of fused-ring (bicyclic) bond motifs is 3. The van der Waals surface area contributed by atoms with E-state index in [0.717, 1.165) is 38.8 Å². The Morgan fingerprint density at radius 2 is 1.70 bits per heavy atom. The number of nitrogens with zero attached hydrogens (tertiary/aromatic N) is 4. The van der Waals surface area contributed by atoms with Crippen molar-refractivity contribution in [2.24, 2.45) is 0 Å². The highest BCUT2D eigenvalue weighted by molar-refractivity contribution is 6.11. The van der Waals surface area contributed by atoms with Crippen LogP contribution in [0.4, 0.5) is 0 Å². The first kappa shape index (κ1) is 22.7. The van der Waals surface area contributed by atoms with E-state index in [9.17, 15) is 4.79 Å². The topological polar surface area (TPSA) is 83.0 Å². The molecule has 0 saturated carbocycles. The number of methoxy groups -OCH3 is 1. The molecule has 0 amide bonds. The second-order valence-corrected chi connectivity index (χ2v) is 8.96. The Kier molecular flexibility index (Phi) is 5.53. The van der Waals surface area contributed by atoms with Gasteiger partial charge < -0.3 is 13.8 Å². The van der Waals surface area contributed by atoms with Gasteiger partial charge in [-0.25, -0.2) is 4.98 Å². The van der Waals surface area contributed by atoms with Gasteiger partial charge in [-0.3, -0.25) is 9.78 Å². The van der Waals surface area contributed by atoms with E-state index in [-0.39, 0.29) is 5.78 Å². The lowest BCUT2D eigenvalue weighted by molar-refractivity contribution is 0.102. The molecule has 37 heavy (non-hydrogen) atoms. The minimum atomic E-state index is -0.139. The summed E-state index contributed by atoms with van der Waals surface area (Å²) in [5.74, 6) is 1.61. The monoisotopic (exact) mass is 488 g/mol. The first-order chi connectivity index (χ1) is 18.0. The zero-order chi connectivity index (χ0) is 25.5. The van der Waals surface area contributed by atoms with Crippen LogP contribution in [0.15, 0.2) is 83.5 Å². The van der Waals surface area contributed by atoms with Crippen LogP contribution < -0.4 is 4.74 Å². The average molecular weight is 489 g/mol. The lowest BCUT2D eigenvalue weighted by Crippen LogP contribution is -2.12. The number of ether oxygens (including phenoxy) is 1. The van der Waals surface area contributed by atoms with Crippen LogP contribution in [0.5, 0.6) is 5.75 Å². The maximum absolute atomic E-state index is 13.6. The Bertz CT molecular complexity index is 1750. The summed E-state index contributed by atoms with van der Waals surface area (Å²) in [5.41, 5.74) is 6.41. The molecule has 3 aromatic heterocycles. The van der Waals surface area contributed by atoms with Gasteiger partial charge in [-0.05, 0) is 31.5 Å². The van der Waals surface area contributed by atoms with E-state index in [0.29, 0.717) is 35.0 Å². The molecule has 6 rings (SSSR count). The standard InChI is InChI=1S/C30H24N4O3/c1-18-27(19(2)37-33-18)23-14-24-22(15-26(23)36-3)28-25(16-31-24)32-30(29(35)21-12-8-5-9-13-21)34(28)17-20-10-6-4-7-11-20/h4-16H,17H2,1-3H3. The summed E-state index contributed by atoms with van der Waals surface area (Å²) in [7, 11) is 1.64. The SMILES string of the molecule is COc1cc2c(cc1-c1c(C)noc1C)ncc1nc(C(=O)c3ccccc3)n(Cc3ccccc3)c12. The first-order valence-electron chi connectivity index (χ1n) is 12.0. The number of benzene rings is 3. The number of hydrogen-bond donors (Lipinski definition) is 0. The molecule has 0 saturated heterocycles. The van der Waals surface area contributed by atoms with Gasteiger partial charge in [-0.1, -0.05) is 65.8 Å². The number of aromatic nitrogens is 4. The summed E-state index contributed by atoms with van der Waals surface area (Å²) < 4.78 is 13.2. The Morgan fingerprint density at radius 1 is 0.973 bits per heavy atom. The van der Waals surface area contributed by atoms with E-state index in [2.05, 4.69) is 5.16 Å². The van der Waals surface area contributed by atoms with Gasteiger partial charge in [0.15, 0.2) is 5.82 Å². The molecule has 0 unspecified atom stereocenters. The summed E-state index contributed by atoms with van der Waals surface area (Å²) >= 11 is 0. The van der Waals surface area contributed by atoms with Gasteiger partial charge in [0, 0.05) is 23.1 Å². The fraction of sp³-hybridized carbons (Fsp3) is 0.133. The molecular weight excluding hydrogens is 464 g/mol. The quantitative estimate of drug-likeness (QED) is 0.262. The third-order valence-corrected chi connectivity index (χ3v) is 6.62. The Morgan fingerprint density at radius 3 is 2.38 bits per heavy atom. The van der Waals surface area contributed by atoms with Crippen molar-refractivity contribution in [2.75, 3.05) is 7.11 Å². The minimum Gasteiger partial charge on any atom is -0.496 e. The van der Waals surface area contributed by atoms with Crippen LogP contribution in [0.25, 0.3) is 33.1 Å². The molecule has 0 bridgehead atoms. The van der Waals surface area contributed by atoms with Crippen molar-refractivity contribution in [3.63, 3.8) is 0 Å². The molecule has 0 radical (unpaired) electrons. The largest absolute Gasteiger partial charge is 0.496 e. The zero-order valence-electron chi connectivity index (χ0n) is 20.7. The molecule has 0 N–H and O–H groups in total. The number of ketones is 1. The highest BCUT2D eigenvalue weighted by Crippen LogP contribution is 2.39. The van der Waals surface area contributed by atoms with Gasteiger partial charge >= 0.3 is 0 Å². The number of hydrogen-bond acceptors (Lipinski definition) is 6. The van der Waals surface area contributed by atoms with E-state index >= 15 is 0 Å². The van der Waals surface area contributed by atoms with Gasteiger partial charge in [0.25, 0.3) is 0 Å². The van der Waals surface area contributed by atoms with Gasteiger partial charge in [0.1, 0.15) is 17.0 Å². The maximum atomic E-state index is 13.6. The molecule has 0 aliphatic carbocycles. The minimum absolute atomic E-state index is 0.139. The number of carbonyl (C=O) groups is 1. The molecule has 3 aromatic carbocycles. The van der Waals surface area contributed by atoms with E-state index in [1.165, 1.54) is 0 Å². The van der Waals surface area contributed by atoms with Gasteiger partial charge in [-0.15, -0.1) is 0 Å². The van der Waals surface area contributed by atoms with E-state index in [1.54, 1.807) is 13.3 Å². The van der Waals surface area contributed by atoms with E-state index in [1.807, 2.05) is 91.2 Å². The molecule has 7 heteroatoms. The lowest BCUT2D eigenvalue weighted by Gasteiger charge is -2.13. The summed E-state index contributed by atoms with van der Waals surface area (Å²) in [6.45, 7) is 4.27. The van der Waals surface area contributed by atoms with Gasteiger partial charge in [0.2, 0.25) is 5.78 Å². The average Bonchev–Trinajstić information content (AvgIpc) is 3.47. The molecule has 0 aliphatic rings. The van der Waals surface area contributed by atoms with Crippen molar-refractivity contribution >= 4 is 27.7 Å². The maximum Gasteiger partial charge on any atom is 0.228 e. The Hall–Kier alpha value is -4.78. The Labute approximate surface area is 213 Å². The van der Waals surface area contributed by atoms with Crippen molar-refractivity contribution in [2.45, 2.75) is 20.4 Å². The number of aryl methyl sites for hydroxylation is 2. The first-order valence-corrected chi connectivity index (χ1v) is 12.0. The normalized spacial score (nSPS) is 11.3. The summed E-state index contributed by atoms with van der Waals surface area (Å²) in [6, 6.07) is 23.2. The fourth-order valence-corrected chi connectivity index (χ4v) is 4.88. The predicted molar refractivity (Wildman–Crippen MR) is 142 cm³/mol. The second-order valence-electron chi connectivity index (χ2n) is 8.96. The molecule has 6 aromatic rings. The zero-order valence-corrected chi connectivity index (χ0v) is 20.7. The molecule has 182 valence electrons. The molecule has 0 spiro atoms. The van der Waals surface area contributed by atoms with Crippen molar-refractivity contribution < 1.29 is 14.1 Å². The lowest BCUT2D eigenvalue weighted by atomic mass is 10.0. The second kappa shape index (κ2) is 9.02. The summed E-state index contributed by atoms with van der Waals surface area (Å²) in [5, 5.41) is 4.96. The molecular formula is C30H24N4O3. The van der Waals surface area contributed by atoms with Crippen LogP contribution in [0.1, 0.15) is 33.2 Å². The van der Waals surface area contributed by atoms with Crippen molar-refractivity contribution in [1.82, 2.24) is 19.7 Å². The summed E-state index contributed by atoms with van der Waals surface area (Å²) in [6.07, 6.45) is 1.73. The van der Waals surface area contributed by atoms with Crippen molar-refractivity contribution in [3.05, 3.63) is 107 Å². The van der Waals surface area contributed by atoms with Crippen molar-refractivity contribution in [3.8, 4) is 16.9 Å². The number of pyridine rings is 1. The number of imidazole rings is 1. The van der Waals surface area contributed by atoms with Crippen LogP contribution in [-0.4, -0.2) is 32.6 Å².